The summed E-state index contributed by atoms with van der Waals surface area (Å²) in [5.74, 6) is 1.49. The molecule has 0 unspecified atom stereocenters. The third-order valence-corrected chi connectivity index (χ3v) is 9.33. The first-order valence-corrected chi connectivity index (χ1v) is 13.9. The number of hydrogen-bond acceptors (Lipinski definition) is 2. The van der Waals surface area contributed by atoms with Gasteiger partial charge in [0.05, 0.1) is 5.56 Å². The van der Waals surface area contributed by atoms with Crippen molar-refractivity contribution in [2.24, 2.45) is 11.3 Å². The van der Waals surface area contributed by atoms with E-state index in [0.717, 1.165) is 30.7 Å². The number of carbonyl (C=O) groups is 1. The molecular weight excluding hydrogens is 392 g/mol. The van der Waals surface area contributed by atoms with Crippen LogP contribution in [-0.4, -0.2) is 11.6 Å². The lowest BCUT2D eigenvalue weighted by molar-refractivity contribution is -0.106. The Morgan fingerprint density at radius 3 is 2.19 bits per heavy atom. The summed E-state index contributed by atoms with van der Waals surface area (Å²) in [6.07, 6.45) is 21.9. The van der Waals surface area contributed by atoms with Crippen LogP contribution in [0, 0.1) is 11.3 Å². The summed E-state index contributed by atoms with van der Waals surface area (Å²) >= 11 is 0. The van der Waals surface area contributed by atoms with E-state index in [9.17, 15) is 4.79 Å². The van der Waals surface area contributed by atoms with E-state index in [-0.39, 0.29) is 11.6 Å². The second-order valence-corrected chi connectivity index (χ2v) is 11.5. The molecule has 1 aromatic carbocycles. The van der Waals surface area contributed by atoms with Gasteiger partial charge in [0.1, 0.15) is 5.60 Å². The fraction of sp³-hybridized carbons (Fsp3) is 0.767. The lowest BCUT2D eigenvalue weighted by atomic mass is 9.57. The SMILES string of the molecule is CCCCC[C@H]1CC[C@@H](c2ccc(C(=O)OC34CCC(CCCCC)(CC3)CC4)cc2)C1. The number of esters is 1. The number of hydrogen-bond donors (Lipinski definition) is 0. The summed E-state index contributed by atoms with van der Waals surface area (Å²) in [4.78, 5) is 13.0. The van der Waals surface area contributed by atoms with E-state index in [2.05, 4.69) is 26.0 Å². The first kappa shape index (κ1) is 23.8. The molecule has 32 heavy (non-hydrogen) atoms. The van der Waals surface area contributed by atoms with Crippen LogP contribution in [0.25, 0.3) is 0 Å². The number of carbonyl (C=O) groups excluding carboxylic acids is 1. The van der Waals surface area contributed by atoms with Crippen molar-refractivity contribution in [3.05, 3.63) is 35.4 Å². The zero-order chi connectivity index (χ0) is 22.4. The Kier molecular flexibility index (Phi) is 8.00. The molecule has 0 saturated heterocycles. The molecule has 0 heterocycles. The highest BCUT2D eigenvalue weighted by molar-refractivity contribution is 5.89. The first-order valence-electron chi connectivity index (χ1n) is 13.9. The van der Waals surface area contributed by atoms with Gasteiger partial charge in [-0.3, -0.25) is 0 Å². The van der Waals surface area contributed by atoms with Crippen molar-refractivity contribution >= 4 is 5.97 Å². The largest absolute Gasteiger partial charge is 0.455 e. The van der Waals surface area contributed by atoms with E-state index in [1.807, 2.05) is 12.1 Å². The van der Waals surface area contributed by atoms with Gasteiger partial charge in [-0.05, 0) is 99.2 Å². The zero-order valence-corrected chi connectivity index (χ0v) is 20.8. The highest BCUT2D eigenvalue weighted by Gasteiger charge is 2.50. The highest BCUT2D eigenvalue weighted by atomic mass is 16.6. The standard InChI is InChI=1S/C30H46O2/c1-3-5-7-9-24-10-11-27(23-24)25-12-14-26(15-13-25)28(31)32-30-20-17-29(18-21-30,19-22-30)16-8-6-4-2/h12-15,24,27H,3-11,16-23H2,1-2H3/t24-,27+,29?,30?/m0/s1. The first-order chi connectivity index (χ1) is 15.6. The van der Waals surface area contributed by atoms with E-state index >= 15 is 0 Å². The Hall–Kier alpha value is -1.31. The molecule has 0 N–H and O–H groups in total. The van der Waals surface area contributed by atoms with Crippen LogP contribution in [0.15, 0.2) is 24.3 Å². The number of benzene rings is 1. The van der Waals surface area contributed by atoms with Crippen molar-refractivity contribution in [2.45, 2.75) is 135 Å². The molecule has 4 saturated carbocycles. The lowest BCUT2D eigenvalue weighted by Gasteiger charge is -2.53. The number of ether oxygens (including phenoxy) is 1. The fourth-order valence-electron chi connectivity index (χ4n) is 6.98. The predicted molar refractivity (Wildman–Crippen MR) is 133 cm³/mol. The second kappa shape index (κ2) is 10.7. The Balaban J connectivity index is 1.27. The highest BCUT2D eigenvalue weighted by Crippen LogP contribution is 2.56. The van der Waals surface area contributed by atoms with E-state index in [1.54, 1.807) is 0 Å². The Bertz CT molecular complexity index is 709. The van der Waals surface area contributed by atoms with Gasteiger partial charge in [-0.25, -0.2) is 4.79 Å². The molecule has 0 aliphatic heterocycles. The molecule has 5 rings (SSSR count). The van der Waals surface area contributed by atoms with Crippen LogP contribution in [0.3, 0.4) is 0 Å². The predicted octanol–water partition coefficient (Wildman–Crippen LogP) is 8.98. The molecule has 0 spiro atoms. The molecule has 2 heteroatoms. The minimum absolute atomic E-state index is 0.0965. The summed E-state index contributed by atoms with van der Waals surface area (Å²) in [7, 11) is 0. The molecule has 0 amide bonds. The van der Waals surface area contributed by atoms with Gasteiger partial charge < -0.3 is 4.74 Å². The van der Waals surface area contributed by atoms with Crippen LogP contribution >= 0.6 is 0 Å². The van der Waals surface area contributed by atoms with Crippen LogP contribution in [0.5, 0.6) is 0 Å². The molecule has 4 aliphatic rings. The molecule has 2 nitrogen and oxygen atoms in total. The van der Waals surface area contributed by atoms with Crippen molar-refractivity contribution < 1.29 is 9.53 Å². The quantitative estimate of drug-likeness (QED) is 0.254. The average molecular weight is 439 g/mol. The average Bonchev–Trinajstić information content (AvgIpc) is 3.30. The summed E-state index contributed by atoms with van der Waals surface area (Å²) in [6.45, 7) is 4.57. The summed E-state index contributed by atoms with van der Waals surface area (Å²) in [5.41, 5.74) is 2.54. The van der Waals surface area contributed by atoms with Crippen LogP contribution in [0.2, 0.25) is 0 Å². The molecule has 0 aromatic heterocycles. The monoisotopic (exact) mass is 438 g/mol. The molecule has 1 aromatic rings. The second-order valence-electron chi connectivity index (χ2n) is 11.5. The van der Waals surface area contributed by atoms with E-state index in [0.29, 0.717) is 11.3 Å². The van der Waals surface area contributed by atoms with Gasteiger partial charge in [-0.15, -0.1) is 0 Å². The van der Waals surface area contributed by atoms with Gasteiger partial charge in [0.25, 0.3) is 0 Å². The van der Waals surface area contributed by atoms with Crippen LogP contribution in [0.1, 0.15) is 145 Å². The number of rotatable bonds is 11. The van der Waals surface area contributed by atoms with Gasteiger partial charge >= 0.3 is 5.97 Å². The van der Waals surface area contributed by atoms with Gasteiger partial charge in [0.2, 0.25) is 0 Å². The summed E-state index contributed by atoms with van der Waals surface area (Å²) < 4.78 is 6.22. The van der Waals surface area contributed by atoms with E-state index in [4.69, 9.17) is 4.74 Å². The van der Waals surface area contributed by atoms with Gasteiger partial charge in [-0.1, -0.05) is 70.9 Å². The Morgan fingerprint density at radius 2 is 1.53 bits per heavy atom. The van der Waals surface area contributed by atoms with Crippen molar-refractivity contribution in [1.29, 1.82) is 0 Å². The van der Waals surface area contributed by atoms with Crippen molar-refractivity contribution in [3.63, 3.8) is 0 Å². The van der Waals surface area contributed by atoms with E-state index in [1.165, 1.54) is 95.5 Å². The zero-order valence-electron chi connectivity index (χ0n) is 20.8. The van der Waals surface area contributed by atoms with Crippen LogP contribution in [0.4, 0.5) is 0 Å². The molecule has 4 aliphatic carbocycles. The Labute approximate surface area is 196 Å². The van der Waals surface area contributed by atoms with Crippen LogP contribution < -0.4 is 0 Å². The minimum atomic E-state index is -0.181. The maximum atomic E-state index is 13.0. The van der Waals surface area contributed by atoms with Crippen molar-refractivity contribution in [2.75, 3.05) is 0 Å². The van der Waals surface area contributed by atoms with Gasteiger partial charge in [0, 0.05) is 0 Å². The number of unbranched alkanes of at least 4 members (excludes halogenated alkanes) is 4. The molecule has 4 fully saturated rings. The normalized spacial score (nSPS) is 31.7. The molecule has 178 valence electrons. The molecule has 0 radical (unpaired) electrons. The summed E-state index contributed by atoms with van der Waals surface area (Å²) in [5, 5.41) is 0. The maximum Gasteiger partial charge on any atom is 0.338 e. The maximum absolute atomic E-state index is 13.0. The topological polar surface area (TPSA) is 26.3 Å². The van der Waals surface area contributed by atoms with Gasteiger partial charge in [-0.2, -0.15) is 0 Å². The molecule has 2 bridgehead atoms. The summed E-state index contributed by atoms with van der Waals surface area (Å²) in [6, 6.07) is 8.46. The third kappa shape index (κ3) is 5.60. The van der Waals surface area contributed by atoms with Crippen molar-refractivity contribution in [3.8, 4) is 0 Å². The molecular formula is C30H46O2. The van der Waals surface area contributed by atoms with Crippen LogP contribution in [-0.2, 0) is 4.74 Å². The fourth-order valence-corrected chi connectivity index (χ4v) is 6.98. The third-order valence-electron chi connectivity index (χ3n) is 9.33. The van der Waals surface area contributed by atoms with Crippen molar-refractivity contribution in [1.82, 2.24) is 0 Å². The number of fused-ring (bicyclic) bond motifs is 3. The van der Waals surface area contributed by atoms with E-state index < -0.39 is 0 Å². The lowest BCUT2D eigenvalue weighted by Crippen LogP contribution is -2.48. The van der Waals surface area contributed by atoms with Gasteiger partial charge in [0.15, 0.2) is 0 Å². The Morgan fingerprint density at radius 1 is 0.875 bits per heavy atom. The minimum Gasteiger partial charge on any atom is -0.455 e. The molecule has 2 atom stereocenters. The smallest absolute Gasteiger partial charge is 0.338 e.